The summed E-state index contributed by atoms with van der Waals surface area (Å²) < 4.78 is 118. The first kappa shape index (κ1) is 60.3. The second kappa shape index (κ2) is 26.3. The lowest BCUT2D eigenvalue weighted by Crippen LogP contribution is -2.28. The second-order valence-electron chi connectivity index (χ2n) is 28.1. The molecule has 1 aliphatic carbocycles. The van der Waals surface area contributed by atoms with Gasteiger partial charge in [0.1, 0.15) is 28.4 Å². The van der Waals surface area contributed by atoms with E-state index in [0.29, 0.717) is 63.2 Å². The van der Waals surface area contributed by atoms with E-state index in [4.69, 9.17) is 11.0 Å². The van der Waals surface area contributed by atoms with Crippen molar-refractivity contribution in [1.29, 1.82) is 0 Å². The molecule has 9 N–H and O–H groups in total. The molecule has 6 aromatic carbocycles. The van der Waals surface area contributed by atoms with Crippen LogP contribution >= 0.6 is 0 Å². The third kappa shape index (κ3) is 14.7. The van der Waals surface area contributed by atoms with E-state index in [2.05, 4.69) is 35.4 Å². The number of benzene rings is 6. The van der Waals surface area contributed by atoms with E-state index in [-0.39, 0.29) is 79.0 Å². The molecule has 1 aliphatic heterocycles. The highest BCUT2D eigenvalue weighted by Crippen LogP contribution is 2.53. The zero-order chi connectivity index (χ0) is 77.4. The van der Waals surface area contributed by atoms with Gasteiger partial charge in [0.2, 0.25) is 16.8 Å². The van der Waals surface area contributed by atoms with Crippen molar-refractivity contribution in [1.82, 2.24) is 14.5 Å². The number of aromatic hydroxyl groups is 2. The smallest absolute Gasteiger partial charge is 0.508 e. The minimum absolute atomic E-state index is 0. The first-order valence-electron chi connectivity index (χ1n) is 35.4. The molecule has 3 aromatic heterocycles. The molecule has 11 rings (SSSR count). The molecule has 2 aliphatic rings. The van der Waals surface area contributed by atoms with Gasteiger partial charge in [0.25, 0.3) is 11.8 Å². The third-order valence-electron chi connectivity index (χ3n) is 17.4. The Morgan fingerprint density at radius 3 is 1.64 bits per heavy atom. The Bertz CT molecular complexity index is 4930. The summed E-state index contributed by atoms with van der Waals surface area (Å²) in [5.41, 5.74) is -2.36. The highest BCUT2D eigenvalue weighted by molar-refractivity contribution is 6.07. The zero-order valence-corrected chi connectivity index (χ0v) is 55.9. The predicted molar refractivity (Wildman–Crippen MR) is 378 cm³/mol. The number of hydrogen-bond acceptors (Lipinski definition) is 11. The first-order chi connectivity index (χ1) is 47.9. The summed E-state index contributed by atoms with van der Waals surface area (Å²) in [5, 5.41) is 51.3. The SMILES string of the molecule is CC(C)(C)c1cc(C(C)(C)C)c(NC(=O)c2c[nH]c3ccccc3c2=O)cc1O.CC[C@H](O)Cn1c(C(C)(C)CO)cc2cc(NC(=O)C3(c4ccc5c(c4)OC(F)(F)O5)CC3)c(F)cc21.[2H]C([2H])([2H])C(c1cc(C(C)(C)C)c(NC(=O)c2c[nH]c3ccccc3c2=O)cc1O)(C([2H])([2H])[2H])C([2H])([2H])C.[HH].[HH].[HH]. The minimum Gasteiger partial charge on any atom is -0.508 e. The van der Waals surface area contributed by atoms with Gasteiger partial charge in [-0.25, -0.2) is 4.39 Å². The standard InChI is InChI=1S/C27H29F3N2O5.C25H30N2O3.C24H28N2O3.3H2/c1-4-17(34)13-32-20-12-18(28)19(9-15(20)10-23(32)25(2,3)14-33)31-24(35)26(7-8-26)16-5-6-21-22(11-16)37-27(29,30)36-21;1-7-25(5,6)18-12-17(24(2,3)4)20(13-21(18)28)27-23(30)16-14-26-19-11-9-8-10-15(19)22(16)29;1-23(2,3)16-11-17(24(4,5)6)20(27)12-19(16)26-22(29)15-13-25-18-10-8-7-9-14(18)21(15)28;;;/h5-6,9-12,17,33-34H,4,7-8,13-14H2,1-3H3,(H,31,35);8-14,28H,7H2,1-6H3,(H,26,29)(H,27,30);7-13,27H,1-6H3,(H,25,28)(H,26,29);3*1H/t17-;;;;;/m0...../s1/i;5D3,6D3,7D2;;;;. The molecule has 3 amide bonds. The van der Waals surface area contributed by atoms with Crippen LogP contribution in [0.5, 0.6) is 23.0 Å². The molecule has 0 unspecified atom stereocenters. The number of fused-ring (bicyclic) bond motifs is 4. The number of aliphatic hydroxyl groups is 2. The van der Waals surface area contributed by atoms with Crippen molar-refractivity contribution < 1.29 is 72.7 Å². The van der Waals surface area contributed by atoms with E-state index in [1.54, 1.807) is 73.9 Å². The van der Waals surface area contributed by atoms with Crippen LogP contribution in [0.1, 0.15) is 199 Å². The molecular weight excluding hydrogens is 1230 g/mol. The molecule has 9 aromatic rings. The molecular formula is C76H93F3N6O11. The van der Waals surface area contributed by atoms with Crippen molar-refractivity contribution in [3.8, 4) is 23.0 Å². The maximum atomic E-state index is 15.3. The number of aromatic amines is 2. The third-order valence-corrected chi connectivity index (χ3v) is 17.4. The number of anilines is 3. The normalized spacial score (nSPS) is 16.1. The van der Waals surface area contributed by atoms with Gasteiger partial charge in [-0.15, -0.1) is 8.78 Å². The lowest BCUT2D eigenvalue weighted by atomic mass is 9.77. The summed E-state index contributed by atoms with van der Waals surface area (Å²) in [7, 11) is 0. The van der Waals surface area contributed by atoms with E-state index < -0.39 is 94.4 Å². The number of rotatable bonds is 14. The van der Waals surface area contributed by atoms with Crippen LogP contribution in [-0.2, 0) is 43.8 Å². The van der Waals surface area contributed by atoms with Crippen LogP contribution in [0.15, 0.2) is 131 Å². The fourth-order valence-electron chi connectivity index (χ4n) is 11.5. The molecule has 514 valence electrons. The van der Waals surface area contributed by atoms with Gasteiger partial charge in [-0.2, -0.15) is 0 Å². The monoisotopic (exact) mass is 1330 g/mol. The Morgan fingerprint density at radius 1 is 0.656 bits per heavy atom. The molecule has 4 heterocycles. The summed E-state index contributed by atoms with van der Waals surface area (Å²) in [4.78, 5) is 71.0. The summed E-state index contributed by atoms with van der Waals surface area (Å²) in [6.45, 7) is 17.1. The number of halogens is 3. The Hall–Kier alpha value is -9.40. The molecule has 0 saturated heterocycles. The van der Waals surface area contributed by atoms with Crippen LogP contribution in [0.2, 0.25) is 0 Å². The molecule has 0 bridgehead atoms. The van der Waals surface area contributed by atoms with Crippen molar-refractivity contribution in [2.75, 3.05) is 22.6 Å². The number of phenols is 2. The molecule has 20 heteroatoms. The lowest BCUT2D eigenvalue weighted by molar-refractivity contribution is -0.286. The molecule has 1 saturated carbocycles. The zero-order valence-electron chi connectivity index (χ0n) is 63.9. The largest absolute Gasteiger partial charge is 0.586 e. The Kier molecular flexibility index (Phi) is 16.5. The number of amides is 3. The number of aliphatic hydroxyl groups excluding tert-OH is 2. The number of carbonyl (C=O) groups is 3. The van der Waals surface area contributed by atoms with Crippen LogP contribution in [-0.4, -0.2) is 71.7 Å². The molecule has 1 atom stereocenters. The van der Waals surface area contributed by atoms with Crippen LogP contribution < -0.4 is 36.3 Å². The number of alkyl halides is 2. The predicted octanol–water partition coefficient (Wildman–Crippen LogP) is 16.1. The second-order valence-corrected chi connectivity index (χ2v) is 28.1. The van der Waals surface area contributed by atoms with Gasteiger partial charge in [-0.1, -0.05) is 134 Å². The van der Waals surface area contributed by atoms with Crippen LogP contribution in [0.4, 0.5) is 30.2 Å². The fourth-order valence-corrected chi connectivity index (χ4v) is 11.5. The van der Waals surface area contributed by atoms with Crippen LogP contribution in [0.25, 0.3) is 32.7 Å². The number of pyridine rings is 2. The quantitative estimate of drug-likeness (QED) is 0.0495. The Morgan fingerprint density at radius 2 is 1.16 bits per heavy atom. The number of nitrogens with one attached hydrogen (secondary N) is 5. The number of hydrogen-bond donors (Lipinski definition) is 9. The van der Waals surface area contributed by atoms with Crippen molar-refractivity contribution in [2.45, 2.75) is 181 Å². The van der Waals surface area contributed by atoms with Gasteiger partial charge >= 0.3 is 6.29 Å². The van der Waals surface area contributed by atoms with Gasteiger partial charge in [0.15, 0.2) is 11.5 Å². The van der Waals surface area contributed by atoms with Crippen molar-refractivity contribution in [2.24, 2.45) is 0 Å². The van der Waals surface area contributed by atoms with Gasteiger partial charge in [0.05, 0.1) is 29.3 Å². The van der Waals surface area contributed by atoms with Gasteiger partial charge in [0, 0.05) is 102 Å². The summed E-state index contributed by atoms with van der Waals surface area (Å²) >= 11 is 0. The summed E-state index contributed by atoms with van der Waals surface area (Å²) in [6.07, 6.45) is -3.11. The summed E-state index contributed by atoms with van der Waals surface area (Å²) in [5.74, 6) is -3.38. The average molecular weight is 1330 g/mol. The fraction of sp³-hybridized carbons (Fsp3) is 0.382. The van der Waals surface area contributed by atoms with Crippen LogP contribution in [0.3, 0.4) is 0 Å². The van der Waals surface area contributed by atoms with E-state index >= 15 is 4.39 Å². The summed E-state index contributed by atoms with van der Waals surface area (Å²) in [6, 6.07) is 28.3. The average Bonchev–Trinajstić information content (AvgIpc) is 1.61. The maximum Gasteiger partial charge on any atom is 0.586 e. The Balaban J connectivity index is 0.000000250. The van der Waals surface area contributed by atoms with Crippen LogP contribution in [0, 0.1) is 5.82 Å². The topological polar surface area (TPSA) is 257 Å². The van der Waals surface area contributed by atoms with E-state index in [1.807, 2.05) is 80.5 Å². The minimum atomic E-state index is -3.76. The van der Waals surface area contributed by atoms with E-state index in [1.165, 1.54) is 42.7 Å². The van der Waals surface area contributed by atoms with E-state index in [0.717, 1.165) is 35.9 Å². The van der Waals surface area contributed by atoms with Crippen molar-refractivity contribution >= 4 is 67.5 Å². The molecule has 0 radical (unpaired) electrons. The number of carbonyl (C=O) groups excluding carboxylic acids is 3. The van der Waals surface area contributed by atoms with E-state index in [9.17, 15) is 53.2 Å². The highest BCUT2D eigenvalue weighted by Gasteiger charge is 2.53. The number of aromatic nitrogens is 3. The molecule has 0 spiro atoms. The number of ether oxygens (including phenoxy) is 2. The molecule has 17 nitrogen and oxygen atoms in total. The number of phenolic OH excluding ortho intramolecular Hbond substituents is 2. The van der Waals surface area contributed by atoms with Gasteiger partial charge in [-0.05, 0) is 136 Å². The number of nitrogens with zero attached hydrogens (tertiary/aromatic N) is 1. The number of H-pyrrole nitrogens is 2. The maximum absolute atomic E-state index is 15.3. The Labute approximate surface area is 571 Å². The van der Waals surface area contributed by atoms with Crippen molar-refractivity contribution in [3.63, 3.8) is 0 Å². The van der Waals surface area contributed by atoms with Crippen molar-refractivity contribution in [3.05, 3.63) is 192 Å². The highest BCUT2D eigenvalue weighted by atomic mass is 19.3. The lowest BCUT2D eigenvalue weighted by Gasteiger charge is -2.30. The first-order valence-corrected chi connectivity index (χ1v) is 31.4. The molecule has 1 fully saturated rings. The van der Waals surface area contributed by atoms with Gasteiger partial charge < -0.3 is 60.4 Å². The molecule has 96 heavy (non-hydrogen) atoms. The number of para-hydroxylation sites is 2. The van der Waals surface area contributed by atoms with Gasteiger partial charge in [-0.3, -0.25) is 24.0 Å².